The molecule has 7 heteroatoms. The van der Waals surface area contributed by atoms with E-state index in [0.717, 1.165) is 11.1 Å². The van der Waals surface area contributed by atoms with Crippen molar-refractivity contribution in [1.29, 1.82) is 0 Å². The molecule has 2 amide bonds. The van der Waals surface area contributed by atoms with Crippen LogP contribution in [0.1, 0.15) is 43.4 Å². The Morgan fingerprint density at radius 2 is 1.96 bits per heavy atom. The van der Waals surface area contributed by atoms with Crippen LogP contribution in [-0.4, -0.2) is 37.7 Å². The highest BCUT2D eigenvalue weighted by molar-refractivity contribution is 7.89. The van der Waals surface area contributed by atoms with Crippen LogP contribution in [0.25, 0.3) is 0 Å². The van der Waals surface area contributed by atoms with Crippen LogP contribution in [0.15, 0.2) is 18.2 Å². The Morgan fingerprint density at radius 1 is 1.28 bits per heavy atom. The zero-order chi connectivity index (χ0) is 18.8. The summed E-state index contributed by atoms with van der Waals surface area (Å²) in [5, 5.41) is 0. The zero-order valence-corrected chi connectivity index (χ0v) is 16.0. The maximum Gasteiger partial charge on any atom is 0.256 e. The summed E-state index contributed by atoms with van der Waals surface area (Å²) in [5.74, 6) is -1.21. The summed E-state index contributed by atoms with van der Waals surface area (Å²) in [6.45, 7) is 7.82. The van der Waals surface area contributed by atoms with E-state index in [2.05, 4.69) is 4.72 Å². The quantitative estimate of drug-likeness (QED) is 0.863. The third-order valence-corrected chi connectivity index (χ3v) is 5.64. The summed E-state index contributed by atoms with van der Waals surface area (Å²) in [6.07, 6.45) is 1.19. The molecular formula is C18H26N2O4S. The summed E-state index contributed by atoms with van der Waals surface area (Å²) in [6, 6.07) is 4.81. The van der Waals surface area contributed by atoms with E-state index in [1.807, 2.05) is 26.0 Å². The fourth-order valence-corrected chi connectivity index (χ4v) is 4.35. The third kappa shape index (κ3) is 4.81. The summed E-state index contributed by atoms with van der Waals surface area (Å²) in [7, 11) is -3.81. The van der Waals surface area contributed by atoms with Gasteiger partial charge in [-0.2, -0.15) is 0 Å². The van der Waals surface area contributed by atoms with Gasteiger partial charge in [0.05, 0.1) is 5.75 Å². The Bertz CT molecular complexity index is 771. The SMILES string of the molecule is Cc1ccc(CS(=O)(=O)NC(=O)[C@@H]2CCCN2C(=O)C(C)C)c(C)c1. The van der Waals surface area contributed by atoms with E-state index in [0.29, 0.717) is 24.9 Å². The Labute approximate surface area is 149 Å². The van der Waals surface area contributed by atoms with Gasteiger partial charge in [0.2, 0.25) is 15.9 Å². The van der Waals surface area contributed by atoms with Crippen LogP contribution in [0.3, 0.4) is 0 Å². The Kier molecular flexibility index (Phi) is 5.87. The second-order valence-corrected chi connectivity index (χ2v) is 8.72. The molecular weight excluding hydrogens is 340 g/mol. The van der Waals surface area contributed by atoms with Crippen molar-refractivity contribution in [2.24, 2.45) is 5.92 Å². The number of carbonyl (C=O) groups excluding carboxylic acids is 2. The summed E-state index contributed by atoms with van der Waals surface area (Å²) < 4.78 is 26.9. The smallest absolute Gasteiger partial charge is 0.256 e. The standard InChI is InChI=1S/C18H26N2O4S/c1-12(2)18(22)20-9-5-6-16(20)17(21)19-25(23,24)11-15-8-7-13(3)10-14(15)4/h7-8,10,12,16H,5-6,9,11H2,1-4H3,(H,19,21)/t16-/m0/s1. The maximum atomic E-state index is 12.4. The first-order chi connectivity index (χ1) is 11.6. The van der Waals surface area contributed by atoms with Crippen molar-refractivity contribution in [2.75, 3.05) is 6.54 Å². The fourth-order valence-electron chi connectivity index (χ4n) is 3.10. The van der Waals surface area contributed by atoms with Crippen molar-refractivity contribution in [3.05, 3.63) is 34.9 Å². The highest BCUT2D eigenvalue weighted by atomic mass is 32.2. The molecule has 1 N–H and O–H groups in total. The minimum absolute atomic E-state index is 0.121. The van der Waals surface area contributed by atoms with E-state index in [1.54, 1.807) is 19.9 Å². The highest BCUT2D eigenvalue weighted by Gasteiger charge is 2.36. The number of rotatable bonds is 5. The fraction of sp³-hybridized carbons (Fsp3) is 0.556. The Morgan fingerprint density at radius 3 is 2.56 bits per heavy atom. The van der Waals surface area contributed by atoms with Gasteiger partial charge in [-0.25, -0.2) is 8.42 Å². The monoisotopic (exact) mass is 366 g/mol. The van der Waals surface area contributed by atoms with Crippen LogP contribution in [0, 0.1) is 19.8 Å². The van der Waals surface area contributed by atoms with Gasteiger partial charge in [-0.1, -0.05) is 37.6 Å². The average Bonchev–Trinajstić information content (AvgIpc) is 2.98. The van der Waals surface area contributed by atoms with Gasteiger partial charge < -0.3 is 4.90 Å². The van der Waals surface area contributed by atoms with E-state index in [9.17, 15) is 18.0 Å². The lowest BCUT2D eigenvalue weighted by molar-refractivity contribution is -0.140. The van der Waals surface area contributed by atoms with E-state index >= 15 is 0 Å². The number of benzene rings is 1. The van der Waals surface area contributed by atoms with Crippen molar-refractivity contribution in [2.45, 2.75) is 52.3 Å². The molecule has 0 radical (unpaired) electrons. The lowest BCUT2D eigenvalue weighted by Gasteiger charge is -2.25. The lowest BCUT2D eigenvalue weighted by atomic mass is 10.1. The van der Waals surface area contributed by atoms with E-state index < -0.39 is 22.0 Å². The summed E-state index contributed by atoms with van der Waals surface area (Å²) in [4.78, 5) is 26.1. The number of carbonyl (C=O) groups is 2. The topological polar surface area (TPSA) is 83.6 Å². The molecule has 1 saturated heterocycles. The van der Waals surface area contributed by atoms with Crippen LogP contribution < -0.4 is 4.72 Å². The maximum absolute atomic E-state index is 12.4. The number of hydrogen-bond acceptors (Lipinski definition) is 4. The van der Waals surface area contributed by atoms with E-state index in [-0.39, 0.29) is 17.6 Å². The first-order valence-electron chi connectivity index (χ1n) is 8.51. The summed E-state index contributed by atoms with van der Waals surface area (Å²) in [5.41, 5.74) is 2.58. The van der Waals surface area contributed by atoms with Crippen molar-refractivity contribution in [1.82, 2.24) is 9.62 Å². The number of aryl methyl sites for hydroxylation is 2. The molecule has 1 aromatic rings. The highest BCUT2D eigenvalue weighted by Crippen LogP contribution is 2.20. The molecule has 0 aliphatic carbocycles. The third-order valence-electron chi connectivity index (χ3n) is 4.43. The number of nitrogens with one attached hydrogen (secondary N) is 1. The van der Waals surface area contributed by atoms with Gasteiger partial charge >= 0.3 is 0 Å². The molecule has 1 atom stereocenters. The molecule has 0 unspecified atom stereocenters. The predicted octanol–water partition coefficient (Wildman–Crippen LogP) is 1.90. The lowest BCUT2D eigenvalue weighted by Crippen LogP contribution is -2.48. The molecule has 0 spiro atoms. The van der Waals surface area contributed by atoms with Crippen LogP contribution in [-0.2, 0) is 25.4 Å². The molecule has 0 aromatic heterocycles. The zero-order valence-electron chi connectivity index (χ0n) is 15.2. The van der Waals surface area contributed by atoms with Gasteiger partial charge in [0.1, 0.15) is 6.04 Å². The van der Waals surface area contributed by atoms with Crippen LogP contribution >= 0.6 is 0 Å². The number of sulfonamides is 1. The van der Waals surface area contributed by atoms with Crippen molar-refractivity contribution >= 4 is 21.8 Å². The molecule has 6 nitrogen and oxygen atoms in total. The first-order valence-corrected chi connectivity index (χ1v) is 10.2. The normalized spacial score (nSPS) is 17.8. The van der Waals surface area contributed by atoms with Gasteiger partial charge in [-0.15, -0.1) is 0 Å². The van der Waals surface area contributed by atoms with Gasteiger partial charge in [-0.3, -0.25) is 14.3 Å². The molecule has 0 bridgehead atoms. The van der Waals surface area contributed by atoms with Gasteiger partial charge in [0.25, 0.3) is 5.91 Å². The minimum atomic E-state index is -3.81. The second-order valence-electron chi connectivity index (χ2n) is 7.00. The summed E-state index contributed by atoms with van der Waals surface area (Å²) >= 11 is 0. The first kappa shape index (κ1) is 19.4. The van der Waals surface area contributed by atoms with Crippen molar-refractivity contribution in [3.8, 4) is 0 Å². The van der Waals surface area contributed by atoms with Crippen LogP contribution in [0.5, 0.6) is 0 Å². The average molecular weight is 366 g/mol. The Balaban J connectivity index is 2.09. The second kappa shape index (κ2) is 7.56. The van der Waals surface area contributed by atoms with Crippen molar-refractivity contribution < 1.29 is 18.0 Å². The molecule has 2 rings (SSSR count). The van der Waals surface area contributed by atoms with E-state index in [4.69, 9.17) is 0 Å². The molecule has 1 aliphatic heterocycles. The molecule has 1 aliphatic rings. The predicted molar refractivity (Wildman–Crippen MR) is 96.3 cm³/mol. The molecule has 138 valence electrons. The number of likely N-dealkylation sites (tertiary alicyclic amines) is 1. The molecule has 1 fully saturated rings. The number of amides is 2. The minimum Gasteiger partial charge on any atom is -0.330 e. The Hall–Kier alpha value is -1.89. The van der Waals surface area contributed by atoms with Gasteiger partial charge in [0, 0.05) is 12.5 Å². The molecule has 1 heterocycles. The molecule has 25 heavy (non-hydrogen) atoms. The largest absolute Gasteiger partial charge is 0.330 e. The number of nitrogens with zero attached hydrogens (tertiary/aromatic N) is 1. The van der Waals surface area contributed by atoms with Crippen molar-refractivity contribution in [3.63, 3.8) is 0 Å². The van der Waals surface area contributed by atoms with Gasteiger partial charge in [0.15, 0.2) is 0 Å². The van der Waals surface area contributed by atoms with Crippen LogP contribution in [0.2, 0.25) is 0 Å². The number of hydrogen-bond donors (Lipinski definition) is 1. The molecule has 1 aromatic carbocycles. The van der Waals surface area contributed by atoms with Crippen LogP contribution in [0.4, 0.5) is 0 Å². The molecule has 0 saturated carbocycles. The van der Waals surface area contributed by atoms with Gasteiger partial charge in [-0.05, 0) is 37.8 Å². The van der Waals surface area contributed by atoms with E-state index in [1.165, 1.54) is 4.90 Å².